The van der Waals surface area contributed by atoms with Gasteiger partial charge in [-0.05, 0) is 13.8 Å². The highest BCUT2D eigenvalue weighted by Crippen LogP contribution is 2.20. The van der Waals surface area contributed by atoms with Crippen molar-refractivity contribution in [3.63, 3.8) is 0 Å². The number of carbonyl (C=O) groups is 1. The second kappa shape index (κ2) is 4.21. The Morgan fingerprint density at radius 3 is 2.71 bits per heavy atom. The number of amides is 1. The van der Waals surface area contributed by atoms with Gasteiger partial charge in [0, 0.05) is 7.05 Å². The fraction of sp³-hybridized carbons (Fsp3) is 0.300. The van der Waals surface area contributed by atoms with Crippen LogP contribution in [-0.4, -0.2) is 25.9 Å². The summed E-state index contributed by atoms with van der Waals surface area (Å²) in [5, 5.41) is 13.5. The molecule has 0 aromatic carbocycles. The molecule has 0 saturated heterocycles. The number of aryl methyl sites for hydroxylation is 2. The van der Waals surface area contributed by atoms with Gasteiger partial charge in [-0.1, -0.05) is 11.6 Å². The first-order valence-corrected chi connectivity index (χ1v) is 5.39. The average Bonchev–Trinajstić information content (AvgIpc) is 2.78. The Morgan fingerprint density at radius 2 is 2.24 bits per heavy atom. The van der Waals surface area contributed by atoms with Gasteiger partial charge in [-0.15, -0.1) is 0 Å². The Kier molecular flexibility index (Phi) is 2.89. The molecule has 90 valence electrons. The molecule has 0 radical (unpaired) electrons. The van der Waals surface area contributed by atoms with Gasteiger partial charge in [0.1, 0.15) is 5.69 Å². The van der Waals surface area contributed by atoms with Crippen LogP contribution in [0.25, 0.3) is 0 Å². The predicted molar refractivity (Wildman–Crippen MR) is 64.2 cm³/mol. The van der Waals surface area contributed by atoms with Crippen molar-refractivity contribution in [3.8, 4) is 0 Å². The molecule has 0 atom stereocenters. The summed E-state index contributed by atoms with van der Waals surface area (Å²) >= 11 is 5.81. The summed E-state index contributed by atoms with van der Waals surface area (Å²) in [5.41, 5.74) is 2.58. The average molecular weight is 254 g/mol. The van der Waals surface area contributed by atoms with Gasteiger partial charge in [-0.25, -0.2) is 0 Å². The summed E-state index contributed by atoms with van der Waals surface area (Å²) in [7, 11) is 1.82. The number of H-pyrrole nitrogens is 1. The highest BCUT2D eigenvalue weighted by Gasteiger charge is 2.16. The van der Waals surface area contributed by atoms with Crippen LogP contribution in [0.3, 0.4) is 0 Å². The Labute approximate surface area is 103 Å². The van der Waals surface area contributed by atoms with Crippen LogP contribution < -0.4 is 5.32 Å². The van der Waals surface area contributed by atoms with Crippen molar-refractivity contribution >= 4 is 23.2 Å². The predicted octanol–water partition coefficient (Wildman–Crippen LogP) is 1.67. The standard InChI is InChI=1S/C10H12ClN5O/c1-5-8(6(2)16(3)15-5)13-10(17)9-7(11)4-12-14-9/h4H,1-3H3,(H,12,14)(H,13,17). The van der Waals surface area contributed by atoms with Crippen molar-refractivity contribution in [2.45, 2.75) is 13.8 Å². The van der Waals surface area contributed by atoms with Crippen LogP contribution >= 0.6 is 11.6 Å². The fourth-order valence-electron chi connectivity index (χ4n) is 1.56. The first kappa shape index (κ1) is 11.7. The van der Waals surface area contributed by atoms with E-state index in [2.05, 4.69) is 20.6 Å². The third-order valence-electron chi connectivity index (χ3n) is 2.57. The molecule has 6 nitrogen and oxygen atoms in total. The van der Waals surface area contributed by atoms with Gasteiger partial charge in [-0.2, -0.15) is 10.2 Å². The minimum absolute atomic E-state index is 0.245. The Balaban J connectivity index is 2.28. The minimum atomic E-state index is -0.327. The third kappa shape index (κ3) is 2.03. The van der Waals surface area contributed by atoms with Gasteiger partial charge in [0.2, 0.25) is 0 Å². The molecule has 17 heavy (non-hydrogen) atoms. The first-order chi connectivity index (χ1) is 8.00. The zero-order valence-electron chi connectivity index (χ0n) is 9.71. The van der Waals surface area contributed by atoms with E-state index in [1.54, 1.807) is 4.68 Å². The van der Waals surface area contributed by atoms with E-state index >= 15 is 0 Å². The molecule has 2 rings (SSSR count). The molecule has 0 aliphatic rings. The normalized spacial score (nSPS) is 10.6. The third-order valence-corrected chi connectivity index (χ3v) is 2.85. The lowest BCUT2D eigenvalue weighted by Crippen LogP contribution is -2.14. The summed E-state index contributed by atoms with van der Waals surface area (Å²) in [4.78, 5) is 11.9. The number of aromatic nitrogens is 4. The zero-order valence-corrected chi connectivity index (χ0v) is 10.5. The maximum Gasteiger partial charge on any atom is 0.275 e. The monoisotopic (exact) mass is 253 g/mol. The Morgan fingerprint density at radius 1 is 1.53 bits per heavy atom. The number of carbonyl (C=O) groups excluding carboxylic acids is 1. The second-order valence-corrected chi connectivity index (χ2v) is 4.12. The Hall–Kier alpha value is -1.82. The molecule has 0 aliphatic carbocycles. The number of anilines is 1. The van der Waals surface area contributed by atoms with E-state index in [-0.39, 0.29) is 11.6 Å². The van der Waals surface area contributed by atoms with Gasteiger partial charge in [0.15, 0.2) is 0 Å². The van der Waals surface area contributed by atoms with E-state index in [0.29, 0.717) is 10.7 Å². The van der Waals surface area contributed by atoms with Crippen LogP contribution in [0.2, 0.25) is 5.02 Å². The molecule has 1 amide bonds. The lowest BCUT2D eigenvalue weighted by Gasteiger charge is -2.04. The van der Waals surface area contributed by atoms with Crippen molar-refractivity contribution in [1.82, 2.24) is 20.0 Å². The molecule has 0 unspecified atom stereocenters. The van der Waals surface area contributed by atoms with E-state index in [0.717, 1.165) is 11.4 Å². The van der Waals surface area contributed by atoms with Crippen LogP contribution in [0.4, 0.5) is 5.69 Å². The van der Waals surface area contributed by atoms with E-state index < -0.39 is 0 Å². The van der Waals surface area contributed by atoms with Crippen LogP contribution in [-0.2, 0) is 7.05 Å². The summed E-state index contributed by atoms with van der Waals surface area (Å²) in [5.74, 6) is -0.327. The Bertz CT molecular complexity index is 571. The lowest BCUT2D eigenvalue weighted by atomic mass is 10.3. The van der Waals surface area contributed by atoms with Crippen LogP contribution in [0.1, 0.15) is 21.9 Å². The summed E-state index contributed by atoms with van der Waals surface area (Å²) < 4.78 is 1.71. The van der Waals surface area contributed by atoms with Crippen molar-refractivity contribution in [2.24, 2.45) is 7.05 Å². The largest absolute Gasteiger partial charge is 0.317 e. The lowest BCUT2D eigenvalue weighted by molar-refractivity contribution is 0.102. The van der Waals surface area contributed by atoms with Gasteiger partial charge in [0.05, 0.1) is 28.3 Å². The number of hydrogen-bond donors (Lipinski definition) is 2. The molecule has 0 aliphatic heterocycles. The molecule has 2 aromatic rings. The highest BCUT2D eigenvalue weighted by atomic mass is 35.5. The molecule has 2 N–H and O–H groups in total. The summed E-state index contributed by atoms with van der Waals surface area (Å²) in [6.45, 7) is 3.71. The smallest absolute Gasteiger partial charge is 0.275 e. The van der Waals surface area contributed by atoms with Crippen molar-refractivity contribution in [1.29, 1.82) is 0 Å². The van der Waals surface area contributed by atoms with E-state index in [9.17, 15) is 4.79 Å². The SMILES string of the molecule is Cc1nn(C)c(C)c1NC(=O)c1[nH]ncc1Cl. The molecular weight excluding hydrogens is 242 g/mol. The summed E-state index contributed by atoms with van der Waals surface area (Å²) in [6, 6.07) is 0. The maximum absolute atomic E-state index is 11.9. The van der Waals surface area contributed by atoms with Gasteiger partial charge >= 0.3 is 0 Å². The van der Waals surface area contributed by atoms with E-state index in [4.69, 9.17) is 11.6 Å². The number of nitrogens with zero attached hydrogens (tertiary/aromatic N) is 3. The number of nitrogens with one attached hydrogen (secondary N) is 2. The van der Waals surface area contributed by atoms with Crippen molar-refractivity contribution < 1.29 is 4.79 Å². The fourth-order valence-corrected chi connectivity index (χ4v) is 1.74. The first-order valence-electron chi connectivity index (χ1n) is 5.01. The summed E-state index contributed by atoms with van der Waals surface area (Å²) in [6.07, 6.45) is 1.39. The van der Waals surface area contributed by atoms with Crippen LogP contribution in [0, 0.1) is 13.8 Å². The quantitative estimate of drug-likeness (QED) is 0.855. The maximum atomic E-state index is 11.9. The van der Waals surface area contributed by atoms with Gasteiger partial charge in [0.25, 0.3) is 5.91 Å². The van der Waals surface area contributed by atoms with Crippen molar-refractivity contribution in [2.75, 3.05) is 5.32 Å². The van der Waals surface area contributed by atoms with Gasteiger partial charge in [-0.3, -0.25) is 14.6 Å². The zero-order chi connectivity index (χ0) is 12.6. The second-order valence-electron chi connectivity index (χ2n) is 3.72. The number of halogens is 1. The number of hydrogen-bond acceptors (Lipinski definition) is 3. The number of rotatable bonds is 2. The molecule has 7 heteroatoms. The minimum Gasteiger partial charge on any atom is -0.317 e. The molecule has 2 heterocycles. The van der Waals surface area contributed by atoms with Gasteiger partial charge < -0.3 is 5.32 Å². The highest BCUT2D eigenvalue weighted by molar-refractivity contribution is 6.34. The van der Waals surface area contributed by atoms with Crippen molar-refractivity contribution in [3.05, 3.63) is 28.3 Å². The molecule has 0 saturated carbocycles. The van der Waals surface area contributed by atoms with E-state index in [1.165, 1.54) is 6.20 Å². The van der Waals surface area contributed by atoms with E-state index in [1.807, 2.05) is 20.9 Å². The molecular formula is C10H12ClN5O. The molecule has 0 bridgehead atoms. The molecule has 0 fully saturated rings. The molecule has 2 aromatic heterocycles. The molecule has 0 spiro atoms. The topological polar surface area (TPSA) is 75.6 Å². The van der Waals surface area contributed by atoms with Crippen LogP contribution in [0.5, 0.6) is 0 Å². The van der Waals surface area contributed by atoms with Crippen LogP contribution in [0.15, 0.2) is 6.20 Å². The number of aromatic amines is 1.